The van der Waals surface area contributed by atoms with Gasteiger partial charge in [0.2, 0.25) is 0 Å². The molecule has 13 heavy (non-hydrogen) atoms. The van der Waals surface area contributed by atoms with Crippen LogP contribution in [0.2, 0.25) is 5.02 Å². The summed E-state index contributed by atoms with van der Waals surface area (Å²) in [6.45, 7) is 2.41. The lowest BCUT2D eigenvalue weighted by molar-refractivity contribution is 0.338. The normalized spacial score (nSPS) is 8.62. The molecule has 0 aromatic heterocycles. The fourth-order valence-corrected chi connectivity index (χ4v) is 0.947. The molecule has 4 heteroatoms. The Hall–Kier alpha value is -0.930. The Kier molecular flexibility index (Phi) is 6.10. The standard InChI is InChI=1S/C8H9ClO2.CH4O/c1-2-11-7-5-3-4-6(10)8(7)9;1-2/h3-5,10H,2H2,1H3;2H,1H3. The molecular formula is C9H13ClO3. The predicted molar refractivity (Wildman–Crippen MR) is 52.4 cm³/mol. The topological polar surface area (TPSA) is 49.7 Å². The third kappa shape index (κ3) is 3.53. The molecule has 0 saturated carbocycles. The van der Waals surface area contributed by atoms with E-state index >= 15 is 0 Å². The smallest absolute Gasteiger partial charge is 0.141 e. The summed E-state index contributed by atoms with van der Waals surface area (Å²) in [5, 5.41) is 16.4. The number of aliphatic hydroxyl groups excluding tert-OH is 1. The molecule has 1 aromatic carbocycles. The van der Waals surface area contributed by atoms with Crippen molar-refractivity contribution in [1.82, 2.24) is 0 Å². The number of phenolic OH excluding ortho intramolecular Hbond substituents is 1. The number of halogens is 1. The van der Waals surface area contributed by atoms with E-state index in [4.69, 9.17) is 26.6 Å². The Morgan fingerprint density at radius 1 is 1.38 bits per heavy atom. The number of aromatic hydroxyl groups is 1. The van der Waals surface area contributed by atoms with E-state index in [2.05, 4.69) is 0 Å². The van der Waals surface area contributed by atoms with Crippen molar-refractivity contribution in [2.24, 2.45) is 0 Å². The minimum atomic E-state index is 0.0533. The maximum Gasteiger partial charge on any atom is 0.141 e. The van der Waals surface area contributed by atoms with Crippen LogP contribution in [0, 0.1) is 0 Å². The van der Waals surface area contributed by atoms with Crippen LogP contribution in [0.5, 0.6) is 11.5 Å². The first-order valence-electron chi connectivity index (χ1n) is 3.80. The van der Waals surface area contributed by atoms with Gasteiger partial charge in [-0.05, 0) is 19.1 Å². The van der Waals surface area contributed by atoms with Crippen LogP contribution in [-0.4, -0.2) is 23.9 Å². The van der Waals surface area contributed by atoms with Gasteiger partial charge in [-0.15, -0.1) is 0 Å². The highest BCUT2D eigenvalue weighted by atomic mass is 35.5. The number of aliphatic hydroxyl groups is 1. The monoisotopic (exact) mass is 204 g/mol. The van der Waals surface area contributed by atoms with Gasteiger partial charge in [-0.1, -0.05) is 17.7 Å². The van der Waals surface area contributed by atoms with Crippen molar-refractivity contribution in [3.63, 3.8) is 0 Å². The van der Waals surface area contributed by atoms with Crippen LogP contribution in [0.15, 0.2) is 18.2 Å². The van der Waals surface area contributed by atoms with E-state index in [1.54, 1.807) is 12.1 Å². The summed E-state index contributed by atoms with van der Waals surface area (Å²) in [6, 6.07) is 4.92. The lowest BCUT2D eigenvalue weighted by Crippen LogP contribution is -1.91. The second kappa shape index (κ2) is 6.57. The highest BCUT2D eigenvalue weighted by molar-refractivity contribution is 6.33. The first-order chi connectivity index (χ1) is 6.25. The molecule has 3 nitrogen and oxygen atoms in total. The van der Waals surface area contributed by atoms with E-state index in [0.29, 0.717) is 12.4 Å². The molecule has 0 saturated heterocycles. The van der Waals surface area contributed by atoms with Gasteiger partial charge in [0, 0.05) is 7.11 Å². The predicted octanol–water partition coefficient (Wildman–Crippen LogP) is 2.05. The average Bonchev–Trinajstić information content (AvgIpc) is 2.17. The number of ether oxygens (including phenoxy) is 1. The third-order valence-electron chi connectivity index (χ3n) is 1.24. The second-order valence-electron chi connectivity index (χ2n) is 2.02. The zero-order chi connectivity index (χ0) is 10.3. The highest BCUT2D eigenvalue weighted by Gasteiger charge is 2.03. The third-order valence-corrected chi connectivity index (χ3v) is 1.62. The lowest BCUT2D eigenvalue weighted by atomic mass is 10.3. The van der Waals surface area contributed by atoms with E-state index in [0.717, 1.165) is 7.11 Å². The van der Waals surface area contributed by atoms with Crippen LogP contribution in [0.3, 0.4) is 0 Å². The molecule has 0 aliphatic rings. The molecule has 0 heterocycles. The molecule has 0 aliphatic carbocycles. The number of rotatable bonds is 2. The maximum atomic E-state index is 9.11. The number of hydrogen-bond donors (Lipinski definition) is 2. The van der Waals surface area contributed by atoms with Gasteiger partial charge in [-0.3, -0.25) is 0 Å². The van der Waals surface area contributed by atoms with Crippen molar-refractivity contribution < 1.29 is 14.9 Å². The first kappa shape index (κ1) is 12.1. The Labute approximate surface area is 82.5 Å². The maximum absolute atomic E-state index is 9.11. The van der Waals surface area contributed by atoms with Crippen molar-refractivity contribution >= 4 is 11.6 Å². The molecule has 0 spiro atoms. The van der Waals surface area contributed by atoms with Crippen LogP contribution in [-0.2, 0) is 0 Å². The summed E-state index contributed by atoms with van der Waals surface area (Å²) >= 11 is 5.70. The molecule has 0 radical (unpaired) electrons. The molecular weight excluding hydrogens is 192 g/mol. The van der Waals surface area contributed by atoms with Crippen molar-refractivity contribution in [2.45, 2.75) is 6.92 Å². The van der Waals surface area contributed by atoms with E-state index in [1.165, 1.54) is 6.07 Å². The summed E-state index contributed by atoms with van der Waals surface area (Å²) in [4.78, 5) is 0. The van der Waals surface area contributed by atoms with Gasteiger partial charge in [-0.2, -0.15) is 0 Å². The fourth-order valence-electron chi connectivity index (χ4n) is 0.766. The molecule has 0 bridgehead atoms. The number of hydrogen-bond acceptors (Lipinski definition) is 3. The van der Waals surface area contributed by atoms with Crippen LogP contribution < -0.4 is 4.74 Å². The molecule has 2 N–H and O–H groups in total. The quantitative estimate of drug-likeness (QED) is 0.775. The molecule has 1 rings (SSSR count). The van der Waals surface area contributed by atoms with E-state index in [-0.39, 0.29) is 10.8 Å². The van der Waals surface area contributed by atoms with Crippen molar-refractivity contribution in [3.8, 4) is 11.5 Å². The minimum absolute atomic E-state index is 0.0533. The average molecular weight is 205 g/mol. The van der Waals surface area contributed by atoms with E-state index in [1.807, 2.05) is 6.92 Å². The second-order valence-corrected chi connectivity index (χ2v) is 2.40. The van der Waals surface area contributed by atoms with Gasteiger partial charge < -0.3 is 14.9 Å². The lowest BCUT2D eigenvalue weighted by Gasteiger charge is -2.05. The molecule has 0 aliphatic heterocycles. The number of phenols is 1. The van der Waals surface area contributed by atoms with Crippen molar-refractivity contribution in [2.75, 3.05) is 13.7 Å². The summed E-state index contributed by atoms with van der Waals surface area (Å²) in [5.74, 6) is 0.576. The summed E-state index contributed by atoms with van der Waals surface area (Å²) in [6.07, 6.45) is 0. The van der Waals surface area contributed by atoms with Gasteiger partial charge in [0.05, 0.1) is 6.61 Å². The number of benzene rings is 1. The Bertz CT molecular complexity index is 251. The van der Waals surface area contributed by atoms with Crippen LogP contribution >= 0.6 is 11.6 Å². The fraction of sp³-hybridized carbons (Fsp3) is 0.333. The van der Waals surface area contributed by atoms with Gasteiger partial charge in [-0.25, -0.2) is 0 Å². The molecule has 0 atom stereocenters. The molecule has 1 aromatic rings. The van der Waals surface area contributed by atoms with Gasteiger partial charge >= 0.3 is 0 Å². The highest BCUT2D eigenvalue weighted by Crippen LogP contribution is 2.32. The summed E-state index contributed by atoms with van der Waals surface area (Å²) < 4.78 is 5.13. The van der Waals surface area contributed by atoms with Gasteiger partial charge in [0.25, 0.3) is 0 Å². The summed E-state index contributed by atoms with van der Waals surface area (Å²) in [7, 11) is 1.00. The van der Waals surface area contributed by atoms with Crippen molar-refractivity contribution in [3.05, 3.63) is 23.2 Å². The Morgan fingerprint density at radius 2 is 2.00 bits per heavy atom. The first-order valence-corrected chi connectivity index (χ1v) is 4.18. The van der Waals surface area contributed by atoms with E-state index < -0.39 is 0 Å². The van der Waals surface area contributed by atoms with Crippen LogP contribution in [0.25, 0.3) is 0 Å². The largest absolute Gasteiger partial charge is 0.506 e. The van der Waals surface area contributed by atoms with Crippen LogP contribution in [0.4, 0.5) is 0 Å². The van der Waals surface area contributed by atoms with Crippen LogP contribution in [0.1, 0.15) is 6.92 Å². The summed E-state index contributed by atoms with van der Waals surface area (Å²) in [5.41, 5.74) is 0. The van der Waals surface area contributed by atoms with Gasteiger partial charge in [0.15, 0.2) is 0 Å². The minimum Gasteiger partial charge on any atom is -0.506 e. The SMILES string of the molecule is CCOc1cccc(O)c1Cl.CO. The Morgan fingerprint density at radius 3 is 2.54 bits per heavy atom. The zero-order valence-corrected chi connectivity index (χ0v) is 8.38. The van der Waals surface area contributed by atoms with E-state index in [9.17, 15) is 0 Å². The zero-order valence-electron chi connectivity index (χ0n) is 7.62. The molecule has 0 amide bonds. The molecule has 0 fully saturated rings. The van der Waals surface area contributed by atoms with Crippen molar-refractivity contribution in [1.29, 1.82) is 0 Å². The van der Waals surface area contributed by atoms with Gasteiger partial charge in [0.1, 0.15) is 16.5 Å². The molecule has 74 valence electrons. The Balaban J connectivity index is 0.000000671. The molecule has 0 unspecified atom stereocenters.